The maximum atomic E-state index is 13.4. The molecule has 6 heteroatoms. The summed E-state index contributed by atoms with van der Waals surface area (Å²) in [5, 5.41) is 3.05. The number of rotatable bonds is 4. The summed E-state index contributed by atoms with van der Waals surface area (Å²) >= 11 is 0. The normalized spacial score (nSPS) is 16.5. The Balaban J connectivity index is 1.50. The number of hydrogen-bond donors (Lipinski definition) is 1. The highest BCUT2D eigenvalue weighted by Crippen LogP contribution is 2.28. The largest absolute Gasteiger partial charge is 0.338 e. The summed E-state index contributed by atoms with van der Waals surface area (Å²) in [7, 11) is 0. The fourth-order valence-corrected chi connectivity index (χ4v) is 3.74. The van der Waals surface area contributed by atoms with Crippen LogP contribution in [-0.4, -0.2) is 33.9 Å². The Hall–Kier alpha value is -3.28. The van der Waals surface area contributed by atoms with Gasteiger partial charge in [0.1, 0.15) is 5.82 Å². The lowest BCUT2D eigenvalue weighted by atomic mass is 9.93. The third kappa shape index (κ3) is 4.42. The fraction of sp³-hybridized carbons (Fsp3) is 0.261. The van der Waals surface area contributed by atoms with Gasteiger partial charge in [-0.15, -0.1) is 0 Å². The Labute approximate surface area is 169 Å². The van der Waals surface area contributed by atoms with Gasteiger partial charge < -0.3 is 10.2 Å². The molecule has 1 fully saturated rings. The van der Waals surface area contributed by atoms with Gasteiger partial charge in [-0.1, -0.05) is 24.3 Å². The zero-order valence-electron chi connectivity index (χ0n) is 16.3. The quantitative estimate of drug-likeness (QED) is 0.702. The highest BCUT2D eigenvalue weighted by molar-refractivity contribution is 5.95. The SMILES string of the molecule is Cc1ccccc1C(=O)N1CCCC(c2ccnc(Nc3cccc(F)c3)n2)C1. The standard InChI is InChI=1S/C23H23FN4O/c1-16-6-2-3-10-20(16)22(29)28-13-5-7-17(15-28)21-11-12-25-23(27-21)26-19-9-4-8-18(24)14-19/h2-4,6,8-12,14,17H,5,7,13,15H2,1H3,(H,25,26,27). The van der Waals surface area contributed by atoms with Gasteiger partial charge in [0.15, 0.2) is 0 Å². The number of anilines is 2. The number of piperidine rings is 1. The molecule has 148 valence electrons. The van der Waals surface area contributed by atoms with Gasteiger partial charge in [-0.25, -0.2) is 14.4 Å². The van der Waals surface area contributed by atoms with Crippen LogP contribution in [-0.2, 0) is 0 Å². The van der Waals surface area contributed by atoms with Crippen LogP contribution in [0.4, 0.5) is 16.0 Å². The Morgan fingerprint density at radius 1 is 1.17 bits per heavy atom. The molecule has 1 unspecified atom stereocenters. The highest BCUT2D eigenvalue weighted by Gasteiger charge is 2.27. The second-order valence-corrected chi connectivity index (χ2v) is 7.35. The molecule has 0 radical (unpaired) electrons. The van der Waals surface area contributed by atoms with Gasteiger partial charge in [-0.05, 0) is 55.7 Å². The van der Waals surface area contributed by atoms with Crippen LogP contribution in [0.3, 0.4) is 0 Å². The van der Waals surface area contributed by atoms with Crippen LogP contribution >= 0.6 is 0 Å². The highest BCUT2D eigenvalue weighted by atomic mass is 19.1. The number of halogens is 1. The molecule has 2 aromatic carbocycles. The minimum Gasteiger partial charge on any atom is -0.338 e. The molecule has 2 heterocycles. The fourth-order valence-electron chi connectivity index (χ4n) is 3.74. The van der Waals surface area contributed by atoms with Crippen molar-refractivity contribution in [3.05, 3.63) is 83.4 Å². The molecule has 1 amide bonds. The van der Waals surface area contributed by atoms with Crippen LogP contribution in [0.2, 0.25) is 0 Å². The number of nitrogens with zero attached hydrogens (tertiary/aromatic N) is 3. The molecule has 4 rings (SSSR count). The van der Waals surface area contributed by atoms with E-state index in [0.29, 0.717) is 18.2 Å². The van der Waals surface area contributed by atoms with Gasteiger partial charge >= 0.3 is 0 Å². The summed E-state index contributed by atoms with van der Waals surface area (Å²) in [5.41, 5.74) is 3.23. The van der Waals surface area contributed by atoms with Gasteiger partial charge in [0.05, 0.1) is 5.69 Å². The average Bonchev–Trinajstić information content (AvgIpc) is 2.74. The molecule has 1 aliphatic heterocycles. The van der Waals surface area contributed by atoms with Crippen LogP contribution in [0.25, 0.3) is 0 Å². The first-order valence-electron chi connectivity index (χ1n) is 9.80. The van der Waals surface area contributed by atoms with Crippen LogP contribution in [0.15, 0.2) is 60.8 Å². The third-order valence-corrected chi connectivity index (χ3v) is 5.26. The van der Waals surface area contributed by atoms with Crippen molar-refractivity contribution < 1.29 is 9.18 Å². The Kier molecular flexibility index (Phi) is 5.51. The number of hydrogen-bond acceptors (Lipinski definition) is 4. The lowest BCUT2D eigenvalue weighted by molar-refractivity contribution is 0.0705. The average molecular weight is 390 g/mol. The van der Waals surface area contributed by atoms with Gasteiger partial charge in [-0.3, -0.25) is 4.79 Å². The van der Waals surface area contributed by atoms with Crippen LogP contribution in [0.5, 0.6) is 0 Å². The second kappa shape index (κ2) is 8.39. The van der Waals surface area contributed by atoms with Gasteiger partial charge in [0.25, 0.3) is 5.91 Å². The molecular formula is C23H23FN4O. The molecular weight excluding hydrogens is 367 g/mol. The van der Waals surface area contributed by atoms with E-state index in [0.717, 1.165) is 36.2 Å². The lowest BCUT2D eigenvalue weighted by Gasteiger charge is -2.33. The van der Waals surface area contributed by atoms with Crippen molar-refractivity contribution >= 4 is 17.5 Å². The van der Waals surface area contributed by atoms with E-state index in [2.05, 4.69) is 15.3 Å². The summed E-state index contributed by atoms with van der Waals surface area (Å²) in [6.45, 7) is 3.34. The van der Waals surface area contributed by atoms with Crippen LogP contribution < -0.4 is 5.32 Å². The molecule has 1 N–H and O–H groups in total. The van der Waals surface area contributed by atoms with Gasteiger partial charge in [-0.2, -0.15) is 0 Å². The molecule has 0 saturated carbocycles. The molecule has 0 bridgehead atoms. The molecule has 1 saturated heterocycles. The van der Waals surface area contributed by atoms with E-state index in [-0.39, 0.29) is 17.6 Å². The Morgan fingerprint density at radius 3 is 2.86 bits per heavy atom. The van der Waals surface area contributed by atoms with Crippen molar-refractivity contribution in [1.82, 2.24) is 14.9 Å². The third-order valence-electron chi connectivity index (χ3n) is 5.26. The van der Waals surface area contributed by atoms with E-state index >= 15 is 0 Å². The van der Waals surface area contributed by atoms with Gasteiger partial charge in [0.2, 0.25) is 5.95 Å². The minimum atomic E-state index is -0.316. The molecule has 29 heavy (non-hydrogen) atoms. The summed E-state index contributed by atoms with van der Waals surface area (Å²) in [4.78, 5) is 23.8. The van der Waals surface area contributed by atoms with Crippen molar-refractivity contribution in [2.45, 2.75) is 25.7 Å². The second-order valence-electron chi connectivity index (χ2n) is 7.35. The van der Waals surface area contributed by atoms with Crippen molar-refractivity contribution in [2.24, 2.45) is 0 Å². The monoisotopic (exact) mass is 390 g/mol. The number of amides is 1. The van der Waals surface area contributed by atoms with E-state index in [4.69, 9.17) is 0 Å². The first-order valence-corrected chi connectivity index (χ1v) is 9.80. The predicted octanol–water partition coefficient (Wildman–Crippen LogP) is 4.69. The van der Waals surface area contributed by atoms with Crippen molar-refractivity contribution in [3.8, 4) is 0 Å². The number of aryl methyl sites for hydroxylation is 1. The molecule has 1 aliphatic rings. The van der Waals surface area contributed by atoms with Crippen LogP contribution in [0, 0.1) is 12.7 Å². The number of benzene rings is 2. The lowest BCUT2D eigenvalue weighted by Crippen LogP contribution is -2.39. The number of likely N-dealkylation sites (tertiary alicyclic amines) is 1. The molecule has 0 spiro atoms. The first kappa shape index (κ1) is 19.1. The maximum Gasteiger partial charge on any atom is 0.254 e. The molecule has 5 nitrogen and oxygen atoms in total. The number of nitrogens with one attached hydrogen (secondary N) is 1. The van der Waals surface area contributed by atoms with E-state index in [1.807, 2.05) is 42.2 Å². The molecule has 0 aliphatic carbocycles. The van der Waals surface area contributed by atoms with E-state index in [9.17, 15) is 9.18 Å². The number of aromatic nitrogens is 2. The summed E-state index contributed by atoms with van der Waals surface area (Å²) in [5.74, 6) is 0.326. The first-order chi connectivity index (χ1) is 14.1. The van der Waals surface area contributed by atoms with Crippen molar-refractivity contribution in [3.63, 3.8) is 0 Å². The zero-order valence-corrected chi connectivity index (χ0v) is 16.3. The van der Waals surface area contributed by atoms with E-state index < -0.39 is 0 Å². The van der Waals surface area contributed by atoms with E-state index in [1.165, 1.54) is 12.1 Å². The Morgan fingerprint density at radius 2 is 2.03 bits per heavy atom. The number of carbonyl (C=O) groups excluding carboxylic acids is 1. The maximum absolute atomic E-state index is 13.4. The summed E-state index contributed by atoms with van der Waals surface area (Å²) in [6, 6.07) is 15.8. The smallest absolute Gasteiger partial charge is 0.254 e. The zero-order chi connectivity index (χ0) is 20.2. The van der Waals surface area contributed by atoms with E-state index in [1.54, 1.807) is 18.3 Å². The van der Waals surface area contributed by atoms with Gasteiger partial charge in [0, 0.05) is 36.5 Å². The molecule has 1 atom stereocenters. The van der Waals surface area contributed by atoms with Crippen molar-refractivity contribution in [2.75, 3.05) is 18.4 Å². The topological polar surface area (TPSA) is 58.1 Å². The molecule has 1 aromatic heterocycles. The van der Waals surface area contributed by atoms with Crippen molar-refractivity contribution in [1.29, 1.82) is 0 Å². The Bertz CT molecular complexity index is 1020. The number of carbonyl (C=O) groups is 1. The van der Waals surface area contributed by atoms with Crippen LogP contribution in [0.1, 0.15) is 40.4 Å². The minimum absolute atomic E-state index is 0.0694. The summed E-state index contributed by atoms with van der Waals surface area (Å²) in [6.07, 6.45) is 3.60. The summed E-state index contributed by atoms with van der Waals surface area (Å²) < 4.78 is 13.4. The predicted molar refractivity (Wildman–Crippen MR) is 111 cm³/mol. The molecule has 3 aromatic rings.